The Labute approximate surface area is 202 Å². The monoisotopic (exact) mass is 459 g/mol. The second-order valence-corrected chi connectivity index (χ2v) is 7.79. The van der Waals surface area contributed by atoms with Gasteiger partial charge in [0.05, 0.1) is 22.8 Å². The number of anilines is 5. The predicted molar refractivity (Wildman–Crippen MR) is 137 cm³/mol. The molecule has 8 nitrogen and oxygen atoms in total. The number of aliphatic hydroxyl groups is 1. The SMILES string of the molecule is N#Cc1ccc2nccc(Nc3ccc(C(O)Nc4ccc(Nc5ccncc5)cc4)cn3)c2c1. The van der Waals surface area contributed by atoms with Crippen molar-refractivity contribution in [1.29, 1.82) is 5.26 Å². The van der Waals surface area contributed by atoms with Gasteiger partial charge in [-0.05, 0) is 72.8 Å². The molecule has 0 spiro atoms. The van der Waals surface area contributed by atoms with E-state index in [0.717, 1.165) is 33.7 Å². The van der Waals surface area contributed by atoms with Crippen LogP contribution in [0.25, 0.3) is 10.9 Å². The molecule has 0 bridgehead atoms. The molecule has 8 heteroatoms. The van der Waals surface area contributed by atoms with Crippen LogP contribution in [-0.2, 0) is 0 Å². The Morgan fingerprint density at radius 3 is 2.29 bits per heavy atom. The van der Waals surface area contributed by atoms with Gasteiger partial charge in [-0.15, -0.1) is 0 Å². The van der Waals surface area contributed by atoms with E-state index in [1.54, 1.807) is 49.1 Å². The molecule has 0 aliphatic rings. The normalized spacial score (nSPS) is 11.4. The molecule has 0 aliphatic heterocycles. The highest BCUT2D eigenvalue weighted by atomic mass is 16.3. The molecule has 3 aromatic heterocycles. The van der Waals surface area contributed by atoms with E-state index in [0.29, 0.717) is 16.9 Å². The van der Waals surface area contributed by atoms with Crippen molar-refractivity contribution < 1.29 is 5.11 Å². The summed E-state index contributed by atoms with van der Waals surface area (Å²) in [4.78, 5) is 12.8. The molecule has 5 aromatic rings. The highest BCUT2D eigenvalue weighted by Gasteiger charge is 2.09. The number of nitrogens with zero attached hydrogens (tertiary/aromatic N) is 4. The van der Waals surface area contributed by atoms with Gasteiger partial charge in [0.1, 0.15) is 5.82 Å². The summed E-state index contributed by atoms with van der Waals surface area (Å²) in [5, 5.41) is 30.3. The molecule has 0 radical (unpaired) electrons. The van der Waals surface area contributed by atoms with E-state index in [4.69, 9.17) is 0 Å². The number of nitrogens with one attached hydrogen (secondary N) is 3. The zero-order valence-electron chi connectivity index (χ0n) is 18.6. The van der Waals surface area contributed by atoms with Gasteiger partial charge in [0.25, 0.3) is 0 Å². The molecule has 1 atom stereocenters. The number of benzene rings is 2. The third-order valence-corrected chi connectivity index (χ3v) is 5.39. The molecule has 5 rings (SSSR count). The molecule has 0 saturated heterocycles. The molecule has 35 heavy (non-hydrogen) atoms. The minimum absolute atomic E-state index is 0.562. The predicted octanol–water partition coefficient (Wildman–Crippen LogP) is 5.49. The summed E-state index contributed by atoms with van der Waals surface area (Å²) in [7, 11) is 0. The maximum absolute atomic E-state index is 10.6. The van der Waals surface area contributed by atoms with Crippen LogP contribution in [0, 0.1) is 11.3 Å². The lowest BCUT2D eigenvalue weighted by Crippen LogP contribution is -2.10. The highest BCUT2D eigenvalue weighted by Crippen LogP contribution is 2.26. The summed E-state index contributed by atoms with van der Waals surface area (Å²) in [6.45, 7) is 0. The number of hydrogen-bond donors (Lipinski definition) is 4. The number of fused-ring (bicyclic) bond motifs is 1. The number of aliphatic hydroxyl groups excluding tert-OH is 1. The van der Waals surface area contributed by atoms with Gasteiger partial charge in [-0.3, -0.25) is 9.97 Å². The van der Waals surface area contributed by atoms with Crippen LogP contribution in [0.5, 0.6) is 0 Å². The summed E-state index contributed by atoms with van der Waals surface area (Å²) in [5.74, 6) is 0.613. The quantitative estimate of drug-likeness (QED) is 0.236. The fraction of sp³-hybridized carbons (Fsp3) is 0.0370. The average Bonchev–Trinajstić information content (AvgIpc) is 2.91. The summed E-state index contributed by atoms with van der Waals surface area (Å²) in [6, 6.07) is 24.4. The third kappa shape index (κ3) is 5.16. The van der Waals surface area contributed by atoms with Crippen LogP contribution in [0.4, 0.5) is 28.6 Å². The number of nitriles is 1. The van der Waals surface area contributed by atoms with Gasteiger partial charge in [-0.25, -0.2) is 4.98 Å². The summed E-state index contributed by atoms with van der Waals surface area (Å²) >= 11 is 0. The lowest BCUT2D eigenvalue weighted by molar-refractivity contribution is 0.208. The van der Waals surface area contributed by atoms with Crippen molar-refractivity contribution in [1.82, 2.24) is 15.0 Å². The number of aromatic nitrogens is 3. The number of rotatable bonds is 7. The van der Waals surface area contributed by atoms with Crippen LogP contribution in [0.3, 0.4) is 0 Å². The molecular formula is C27H21N7O. The van der Waals surface area contributed by atoms with E-state index in [-0.39, 0.29) is 0 Å². The van der Waals surface area contributed by atoms with Crippen LogP contribution < -0.4 is 16.0 Å². The Hall–Kier alpha value is -5.00. The van der Waals surface area contributed by atoms with E-state index in [1.807, 2.05) is 48.5 Å². The smallest absolute Gasteiger partial charge is 0.152 e. The molecule has 170 valence electrons. The molecule has 1 unspecified atom stereocenters. The van der Waals surface area contributed by atoms with Crippen molar-refractivity contribution >= 4 is 39.5 Å². The first-order valence-corrected chi connectivity index (χ1v) is 10.9. The van der Waals surface area contributed by atoms with Crippen molar-refractivity contribution in [3.63, 3.8) is 0 Å². The minimum atomic E-state index is -0.921. The number of hydrogen-bond acceptors (Lipinski definition) is 8. The molecule has 0 saturated carbocycles. The summed E-state index contributed by atoms with van der Waals surface area (Å²) < 4.78 is 0. The van der Waals surface area contributed by atoms with Gasteiger partial charge >= 0.3 is 0 Å². The maximum atomic E-state index is 10.6. The molecule has 0 fully saturated rings. The fourth-order valence-electron chi connectivity index (χ4n) is 3.60. The van der Waals surface area contributed by atoms with E-state index < -0.39 is 6.23 Å². The van der Waals surface area contributed by atoms with Gasteiger partial charge < -0.3 is 21.1 Å². The standard InChI is InChI=1S/C27H21N7O/c28-16-18-1-7-24-23(15-18)25(11-14-30-24)34-26-8-2-19(17-31-26)27(35)33-21-5-3-20(4-6-21)32-22-9-12-29-13-10-22/h1-15,17,27,33,35H,(H,29,32)(H,30,31,34). The zero-order valence-corrected chi connectivity index (χ0v) is 18.6. The number of pyridine rings is 3. The second-order valence-electron chi connectivity index (χ2n) is 7.79. The first-order valence-electron chi connectivity index (χ1n) is 10.9. The average molecular weight is 460 g/mol. The molecule has 4 N–H and O–H groups in total. The lowest BCUT2D eigenvalue weighted by Gasteiger charge is -2.16. The Morgan fingerprint density at radius 2 is 1.54 bits per heavy atom. The second kappa shape index (κ2) is 9.87. The van der Waals surface area contributed by atoms with E-state index >= 15 is 0 Å². The minimum Gasteiger partial charge on any atom is -0.369 e. The van der Waals surface area contributed by atoms with Gasteiger partial charge in [-0.2, -0.15) is 5.26 Å². The first-order chi connectivity index (χ1) is 17.2. The van der Waals surface area contributed by atoms with Gasteiger partial charge in [0.15, 0.2) is 6.23 Å². The lowest BCUT2D eigenvalue weighted by atomic mass is 10.1. The van der Waals surface area contributed by atoms with Crippen LogP contribution in [0.2, 0.25) is 0 Å². The Morgan fingerprint density at radius 1 is 0.771 bits per heavy atom. The molecule has 3 heterocycles. The van der Waals surface area contributed by atoms with Crippen LogP contribution in [0.15, 0.2) is 97.6 Å². The summed E-state index contributed by atoms with van der Waals surface area (Å²) in [6.07, 6.45) is 5.86. The van der Waals surface area contributed by atoms with Crippen molar-refractivity contribution in [3.8, 4) is 6.07 Å². The van der Waals surface area contributed by atoms with Crippen LogP contribution in [-0.4, -0.2) is 20.1 Å². The van der Waals surface area contributed by atoms with E-state index in [1.165, 1.54) is 0 Å². The third-order valence-electron chi connectivity index (χ3n) is 5.39. The zero-order chi connectivity index (χ0) is 24.0. The van der Waals surface area contributed by atoms with Gasteiger partial charge in [0, 0.05) is 52.8 Å². The topological polar surface area (TPSA) is 119 Å². The van der Waals surface area contributed by atoms with Gasteiger partial charge in [-0.1, -0.05) is 0 Å². The molecule has 2 aromatic carbocycles. The fourth-order valence-corrected chi connectivity index (χ4v) is 3.60. The summed E-state index contributed by atoms with van der Waals surface area (Å²) in [5.41, 5.74) is 5.42. The van der Waals surface area contributed by atoms with E-state index in [2.05, 4.69) is 37.0 Å². The molecule has 0 amide bonds. The van der Waals surface area contributed by atoms with E-state index in [9.17, 15) is 10.4 Å². The molecular weight excluding hydrogens is 438 g/mol. The van der Waals surface area contributed by atoms with Crippen molar-refractivity contribution in [2.75, 3.05) is 16.0 Å². The maximum Gasteiger partial charge on any atom is 0.152 e. The van der Waals surface area contributed by atoms with Crippen LogP contribution in [0.1, 0.15) is 17.4 Å². The van der Waals surface area contributed by atoms with Crippen molar-refractivity contribution in [2.45, 2.75) is 6.23 Å². The Balaban J connectivity index is 1.24. The Bertz CT molecular complexity index is 1480. The largest absolute Gasteiger partial charge is 0.369 e. The Kier molecular flexibility index (Phi) is 6.15. The first kappa shape index (κ1) is 21.8. The van der Waals surface area contributed by atoms with Gasteiger partial charge in [0.2, 0.25) is 0 Å². The van der Waals surface area contributed by atoms with Crippen molar-refractivity contribution in [3.05, 3.63) is 109 Å². The van der Waals surface area contributed by atoms with Crippen molar-refractivity contribution in [2.24, 2.45) is 0 Å². The molecule has 0 aliphatic carbocycles. The highest BCUT2D eigenvalue weighted by molar-refractivity contribution is 5.93. The van der Waals surface area contributed by atoms with Crippen LogP contribution >= 0.6 is 0 Å².